The van der Waals surface area contributed by atoms with E-state index in [0.717, 1.165) is 46.7 Å². The van der Waals surface area contributed by atoms with E-state index >= 15 is 0 Å². The maximum atomic E-state index is 9.55. The highest BCUT2D eigenvalue weighted by molar-refractivity contribution is 6.36. The van der Waals surface area contributed by atoms with Crippen LogP contribution in [0.2, 0.25) is 5.02 Å². The molecule has 0 saturated heterocycles. The molecule has 1 heterocycles. The third-order valence-corrected chi connectivity index (χ3v) is 3.72. The zero-order valence-electron chi connectivity index (χ0n) is 13.3. The standard InChI is InChI=1S/C14H13ClN2.C4H4O4/c15-12-7-8-13(17-14-6-3-9-16-14)11-5-2-1-4-10(11)12;5-3(6)1-2-4(7)8/h1-2,4-5,7-8H,3,6,9H2,(H,16,17);1-2H,(H,5,6)(H,7,8)/b;2-1+. The average molecular weight is 361 g/mol. The smallest absolute Gasteiger partial charge is 0.328 e. The lowest BCUT2D eigenvalue weighted by molar-refractivity contribution is -0.134. The Morgan fingerprint density at radius 3 is 2.24 bits per heavy atom. The second-order valence-corrected chi connectivity index (χ2v) is 5.61. The number of nitrogens with zero attached hydrogens (tertiary/aromatic N) is 1. The van der Waals surface area contributed by atoms with Crippen molar-refractivity contribution in [2.45, 2.75) is 12.8 Å². The third-order valence-electron chi connectivity index (χ3n) is 3.39. The van der Waals surface area contributed by atoms with E-state index in [9.17, 15) is 9.59 Å². The van der Waals surface area contributed by atoms with Gasteiger partial charge < -0.3 is 15.5 Å². The first-order valence-corrected chi connectivity index (χ1v) is 7.96. The van der Waals surface area contributed by atoms with Crippen LogP contribution in [0.3, 0.4) is 0 Å². The van der Waals surface area contributed by atoms with Crippen LogP contribution in [0.1, 0.15) is 12.8 Å². The van der Waals surface area contributed by atoms with Crippen LogP contribution in [-0.2, 0) is 9.59 Å². The molecule has 2 aromatic rings. The van der Waals surface area contributed by atoms with Gasteiger partial charge in [-0.05, 0) is 18.6 Å². The molecule has 0 aromatic heterocycles. The van der Waals surface area contributed by atoms with E-state index in [0.29, 0.717) is 12.2 Å². The topological polar surface area (TPSA) is 99.0 Å². The van der Waals surface area contributed by atoms with E-state index in [1.54, 1.807) is 0 Å². The van der Waals surface area contributed by atoms with Crippen LogP contribution < -0.4 is 5.32 Å². The monoisotopic (exact) mass is 360 g/mol. The van der Waals surface area contributed by atoms with Gasteiger partial charge in [-0.2, -0.15) is 0 Å². The summed E-state index contributed by atoms with van der Waals surface area (Å²) in [7, 11) is 0. The number of carboxylic acids is 2. The quantitative estimate of drug-likeness (QED) is 0.723. The van der Waals surface area contributed by atoms with Gasteiger partial charge in [0.15, 0.2) is 0 Å². The van der Waals surface area contributed by atoms with Crippen molar-refractivity contribution in [3.8, 4) is 0 Å². The first-order valence-electron chi connectivity index (χ1n) is 7.59. The van der Waals surface area contributed by atoms with Gasteiger partial charge in [0, 0.05) is 46.6 Å². The molecule has 6 nitrogen and oxygen atoms in total. The number of rotatable bonds is 3. The molecule has 1 aliphatic heterocycles. The van der Waals surface area contributed by atoms with E-state index in [1.165, 1.54) is 0 Å². The highest BCUT2D eigenvalue weighted by Crippen LogP contribution is 2.30. The maximum absolute atomic E-state index is 9.55. The number of aliphatic carboxylic acids is 2. The Morgan fingerprint density at radius 2 is 1.68 bits per heavy atom. The Kier molecular flexibility index (Phi) is 6.54. The largest absolute Gasteiger partial charge is 0.478 e. The maximum Gasteiger partial charge on any atom is 0.328 e. The Bertz CT molecular complexity index is 830. The molecular weight excluding hydrogens is 344 g/mol. The number of carboxylic acid groups (broad SMARTS) is 2. The lowest BCUT2D eigenvalue weighted by atomic mass is 10.1. The summed E-state index contributed by atoms with van der Waals surface area (Å²) in [6.07, 6.45) is 3.30. The molecule has 0 radical (unpaired) electrons. The number of hydrogen-bond donors (Lipinski definition) is 3. The number of anilines is 1. The summed E-state index contributed by atoms with van der Waals surface area (Å²) in [5.41, 5.74) is 1.09. The fourth-order valence-corrected chi connectivity index (χ4v) is 2.54. The predicted molar refractivity (Wildman–Crippen MR) is 98.5 cm³/mol. The minimum Gasteiger partial charge on any atom is -0.478 e. The van der Waals surface area contributed by atoms with Crippen molar-refractivity contribution in [1.82, 2.24) is 0 Å². The number of nitrogens with one attached hydrogen (secondary N) is 1. The van der Waals surface area contributed by atoms with Gasteiger partial charge in [-0.1, -0.05) is 35.9 Å². The Morgan fingerprint density at radius 1 is 1.04 bits per heavy atom. The number of carbonyl (C=O) groups is 2. The van der Waals surface area contributed by atoms with Crippen molar-refractivity contribution in [3.63, 3.8) is 0 Å². The molecule has 0 fully saturated rings. The van der Waals surface area contributed by atoms with E-state index in [2.05, 4.69) is 16.4 Å². The Balaban J connectivity index is 0.000000242. The van der Waals surface area contributed by atoms with Gasteiger partial charge in [0.25, 0.3) is 0 Å². The van der Waals surface area contributed by atoms with Crippen LogP contribution >= 0.6 is 11.6 Å². The molecule has 3 N–H and O–H groups in total. The minimum atomic E-state index is -1.26. The summed E-state index contributed by atoms with van der Waals surface area (Å²) in [6, 6.07) is 12.1. The number of amidine groups is 1. The number of benzene rings is 2. The summed E-state index contributed by atoms with van der Waals surface area (Å²) in [6.45, 7) is 0.938. The fraction of sp³-hybridized carbons (Fsp3) is 0.167. The summed E-state index contributed by atoms with van der Waals surface area (Å²) >= 11 is 6.19. The van der Waals surface area contributed by atoms with Crippen molar-refractivity contribution >= 4 is 45.8 Å². The molecule has 0 bridgehead atoms. The second-order valence-electron chi connectivity index (χ2n) is 5.21. The van der Waals surface area contributed by atoms with Crippen molar-refractivity contribution in [2.24, 2.45) is 4.99 Å². The van der Waals surface area contributed by atoms with Gasteiger partial charge in [-0.3, -0.25) is 4.99 Å². The van der Waals surface area contributed by atoms with Gasteiger partial charge in [-0.15, -0.1) is 0 Å². The van der Waals surface area contributed by atoms with Crippen LogP contribution in [0, 0.1) is 0 Å². The average Bonchev–Trinajstić information content (AvgIpc) is 3.10. The molecule has 0 unspecified atom stereocenters. The number of halogens is 1. The minimum absolute atomic E-state index is 0.558. The molecule has 0 atom stereocenters. The molecule has 7 heteroatoms. The highest BCUT2D eigenvalue weighted by atomic mass is 35.5. The molecule has 0 aliphatic carbocycles. The molecule has 0 saturated carbocycles. The summed E-state index contributed by atoms with van der Waals surface area (Å²) in [4.78, 5) is 23.5. The molecular formula is C18H17ClN2O4. The first-order chi connectivity index (χ1) is 12.0. The summed E-state index contributed by atoms with van der Waals surface area (Å²) in [5.74, 6) is -1.43. The fourth-order valence-electron chi connectivity index (χ4n) is 2.31. The van der Waals surface area contributed by atoms with Gasteiger partial charge >= 0.3 is 11.9 Å². The van der Waals surface area contributed by atoms with E-state index in [1.807, 2.05) is 30.3 Å². The number of hydrogen-bond acceptors (Lipinski definition) is 4. The van der Waals surface area contributed by atoms with Crippen LogP contribution in [0.25, 0.3) is 10.8 Å². The molecule has 0 spiro atoms. The lowest BCUT2D eigenvalue weighted by Crippen LogP contribution is -2.08. The van der Waals surface area contributed by atoms with Crippen molar-refractivity contribution in [2.75, 3.05) is 11.9 Å². The van der Waals surface area contributed by atoms with E-state index in [4.69, 9.17) is 21.8 Å². The van der Waals surface area contributed by atoms with Crippen molar-refractivity contribution < 1.29 is 19.8 Å². The van der Waals surface area contributed by atoms with Gasteiger partial charge in [0.2, 0.25) is 0 Å². The Labute approximate surface area is 149 Å². The molecule has 0 amide bonds. The van der Waals surface area contributed by atoms with Crippen LogP contribution in [0.5, 0.6) is 0 Å². The first kappa shape index (κ1) is 18.5. The van der Waals surface area contributed by atoms with Crippen LogP contribution in [0.4, 0.5) is 5.69 Å². The molecule has 1 aliphatic rings. The number of aliphatic imine (C=N–C) groups is 1. The zero-order valence-corrected chi connectivity index (χ0v) is 14.0. The summed E-state index contributed by atoms with van der Waals surface area (Å²) < 4.78 is 0. The predicted octanol–water partition coefficient (Wildman–Crippen LogP) is 3.81. The highest BCUT2D eigenvalue weighted by Gasteiger charge is 2.09. The SMILES string of the molecule is Clc1ccc(NC2=NCCC2)c2ccccc12.O=C(O)/C=C/C(=O)O. The molecule has 3 rings (SSSR count). The zero-order chi connectivity index (χ0) is 18.2. The van der Waals surface area contributed by atoms with E-state index in [-0.39, 0.29) is 0 Å². The molecule has 25 heavy (non-hydrogen) atoms. The Hall–Kier alpha value is -2.86. The second kappa shape index (κ2) is 8.84. The number of fused-ring (bicyclic) bond motifs is 1. The third kappa shape index (κ3) is 5.61. The van der Waals surface area contributed by atoms with Crippen molar-refractivity contribution in [3.05, 3.63) is 53.6 Å². The van der Waals surface area contributed by atoms with E-state index < -0.39 is 11.9 Å². The van der Waals surface area contributed by atoms with Gasteiger partial charge in [0.05, 0.1) is 0 Å². The van der Waals surface area contributed by atoms with Gasteiger partial charge in [-0.25, -0.2) is 9.59 Å². The normalized spacial score (nSPS) is 13.2. The van der Waals surface area contributed by atoms with Crippen molar-refractivity contribution in [1.29, 1.82) is 0 Å². The van der Waals surface area contributed by atoms with Crippen LogP contribution in [0.15, 0.2) is 53.5 Å². The van der Waals surface area contributed by atoms with Gasteiger partial charge in [0.1, 0.15) is 5.84 Å². The van der Waals surface area contributed by atoms with Crippen LogP contribution in [-0.4, -0.2) is 34.5 Å². The summed E-state index contributed by atoms with van der Waals surface area (Å²) in [5, 5.41) is 22.0. The lowest BCUT2D eigenvalue weighted by Gasteiger charge is -2.10. The molecule has 2 aromatic carbocycles. The molecule has 130 valence electrons.